The van der Waals surface area contributed by atoms with Crippen molar-refractivity contribution in [2.45, 2.75) is 125 Å². The van der Waals surface area contributed by atoms with Crippen molar-refractivity contribution in [1.82, 2.24) is 0 Å². The van der Waals surface area contributed by atoms with E-state index in [0.29, 0.717) is 88.9 Å². The van der Waals surface area contributed by atoms with E-state index in [9.17, 15) is 40.2 Å². The minimum atomic E-state index is -1.05. The number of aliphatic imine (C=N–C) groups is 3. The number of hydrogen-bond donors (Lipinski definition) is 11. The fraction of sp³-hybridized carbons (Fsp3) is 0.435. The smallest absolute Gasteiger partial charge is 0.320 e. The number of nitrogens with one attached hydrogen (secondary N) is 1. The summed E-state index contributed by atoms with van der Waals surface area (Å²) in [6.07, 6.45) is 5.36. The first kappa shape index (κ1) is 50.1. The van der Waals surface area contributed by atoms with Crippen molar-refractivity contribution in [3.05, 3.63) is 56.6 Å². The lowest BCUT2D eigenvalue weighted by molar-refractivity contribution is -0.138. The maximum atomic E-state index is 11.2. The number of amidine groups is 1. The number of aryl methyl sites for hydroxylation is 2. The van der Waals surface area contributed by atoms with Gasteiger partial charge in [0, 0.05) is 47.3 Å². The number of phenolic OH excluding ortho intramolecular Hbond substituents is 6. The molecule has 2 atom stereocenters. The number of benzene rings is 4. The number of fused-ring (bicyclic) bond motifs is 2. The third-order valence-corrected chi connectivity index (χ3v) is 11.0. The summed E-state index contributed by atoms with van der Waals surface area (Å²) >= 11 is 0. The molecule has 4 aromatic carbocycles. The van der Waals surface area contributed by atoms with Crippen LogP contribution in [0.1, 0.15) is 129 Å². The van der Waals surface area contributed by atoms with E-state index < -0.39 is 23.8 Å². The van der Waals surface area contributed by atoms with Gasteiger partial charge >= 0.3 is 5.97 Å². The molecule has 0 aliphatic rings. The molecule has 0 heterocycles. The van der Waals surface area contributed by atoms with Crippen LogP contribution in [-0.4, -0.2) is 90.4 Å². The van der Waals surface area contributed by atoms with E-state index in [1.54, 1.807) is 13.8 Å². The fourth-order valence-corrected chi connectivity index (χ4v) is 7.06. The number of nitrogens with zero attached hydrogens (tertiary/aromatic N) is 3. The van der Waals surface area contributed by atoms with Gasteiger partial charge in [0.1, 0.15) is 29.2 Å². The monoisotopic (exact) mass is 857 g/mol. The van der Waals surface area contributed by atoms with E-state index in [1.165, 1.54) is 19.4 Å². The molecule has 16 nitrogen and oxygen atoms in total. The van der Waals surface area contributed by atoms with Crippen molar-refractivity contribution >= 4 is 57.5 Å². The van der Waals surface area contributed by atoms with Crippen LogP contribution in [0.25, 0.3) is 21.5 Å². The maximum absolute atomic E-state index is 11.2. The third-order valence-electron chi connectivity index (χ3n) is 11.0. The van der Waals surface area contributed by atoms with Crippen molar-refractivity contribution in [2.75, 3.05) is 6.54 Å². The Kier molecular flexibility index (Phi) is 17.4. The second-order valence-corrected chi connectivity index (χ2v) is 16.3. The molecule has 4 rings (SSSR count). The van der Waals surface area contributed by atoms with Crippen molar-refractivity contribution in [1.29, 1.82) is 5.41 Å². The van der Waals surface area contributed by atoms with E-state index in [1.807, 2.05) is 53.7 Å². The molecule has 336 valence electrons. The molecule has 0 aliphatic heterocycles. The molecule has 0 fully saturated rings. The zero-order valence-electron chi connectivity index (χ0n) is 37.1. The van der Waals surface area contributed by atoms with Crippen LogP contribution < -0.4 is 17.2 Å². The minimum Gasteiger partial charge on any atom is -0.507 e. The number of nitrogens with two attached hydrogens (primary N) is 3. The van der Waals surface area contributed by atoms with Crippen LogP contribution in [0.3, 0.4) is 0 Å². The van der Waals surface area contributed by atoms with Crippen LogP contribution in [0.5, 0.6) is 34.5 Å². The Morgan fingerprint density at radius 1 is 0.677 bits per heavy atom. The van der Waals surface area contributed by atoms with Gasteiger partial charge in [-0.2, -0.15) is 0 Å². The van der Waals surface area contributed by atoms with Crippen molar-refractivity contribution in [2.24, 2.45) is 32.2 Å². The fourth-order valence-electron chi connectivity index (χ4n) is 7.06. The highest BCUT2D eigenvalue weighted by Gasteiger charge is 2.25. The number of phenols is 6. The number of aliphatic carboxylic acids is 1. The Bertz CT molecular complexity index is 2440. The topological polar surface area (TPSA) is 315 Å². The van der Waals surface area contributed by atoms with E-state index in [-0.39, 0.29) is 69.3 Å². The first-order valence-corrected chi connectivity index (χ1v) is 20.5. The van der Waals surface area contributed by atoms with Crippen LogP contribution in [0, 0.1) is 33.1 Å². The van der Waals surface area contributed by atoms with Crippen LogP contribution in [-0.2, 0) is 9.59 Å². The van der Waals surface area contributed by atoms with E-state index in [0.717, 1.165) is 11.1 Å². The molecular weight excluding hydrogens is 795 g/mol. The van der Waals surface area contributed by atoms with E-state index in [4.69, 9.17) is 27.7 Å². The lowest BCUT2D eigenvalue weighted by Gasteiger charge is -2.19. The summed E-state index contributed by atoms with van der Waals surface area (Å²) < 4.78 is 0. The lowest BCUT2D eigenvalue weighted by Crippen LogP contribution is -2.29. The first-order chi connectivity index (χ1) is 28.9. The highest BCUT2D eigenvalue weighted by molar-refractivity contribution is 6.12. The van der Waals surface area contributed by atoms with Gasteiger partial charge in [0.05, 0.1) is 17.2 Å². The molecule has 0 unspecified atom stereocenters. The summed E-state index contributed by atoms with van der Waals surface area (Å²) in [5.74, 6) is -2.57. The highest BCUT2D eigenvalue weighted by atomic mass is 16.4. The largest absolute Gasteiger partial charge is 0.507 e. The Hall–Kier alpha value is -6.26. The number of rotatable bonds is 15. The molecule has 0 saturated heterocycles. The predicted molar refractivity (Wildman–Crippen MR) is 246 cm³/mol. The second kappa shape index (κ2) is 21.5. The van der Waals surface area contributed by atoms with Gasteiger partial charge in [-0.25, -0.2) is 9.98 Å². The van der Waals surface area contributed by atoms with Gasteiger partial charge in [0.25, 0.3) is 0 Å². The molecule has 0 amide bonds. The lowest BCUT2D eigenvalue weighted by atomic mass is 9.88. The SMILES string of the molecule is CC(=O)[C@@H](N)CCCN=C(N)N=Cc1c(O)c(O)c(C(C)C)c2cc(C)c(C)c(O)c12.Cc1cc2c(C(C)C)c(O)c(O)c(C=NC(=N)CCCC[C@H](N)C(=O)O)c2c(O)c1C. The molecule has 14 N–H and O–H groups in total. The summed E-state index contributed by atoms with van der Waals surface area (Å²) in [6, 6.07) is 2.32. The van der Waals surface area contributed by atoms with E-state index >= 15 is 0 Å². The molecule has 0 aromatic heterocycles. The predicted octanol–water partition coefficient (Wildman–Crippen LogP) is 7.19. The normalized spacial score (nSPS) is 13.1. The Morgan fingerprint density at radius 3 is 1.53 bits per heavy atom. The summed E-state index contributed by atoms with van der Waals surface area (Å²) in [5.41, 5.74) is 21.4. The molecule has 0 spiro atoms. The average molecular weight is 858 g/mol. The van der Waals surface area contributed by atoms with E-state index in [2.05, 4.69) is 15.0 Å². The van der Waals surface area contributed by atoms with Crippen LogP contribution in [0.4, 0.5) is 0 Å². The zero-order valence-corrected chi connectivity index (χ0v) is 37.1. The second-order valence-electron chi connectivity index (χ2n) is 16.3. The Balaban J connectivity index is 0.000000330. The number of aromatic hydroxyl groups is 6. The number of unbranched alkanes of at least 4 members (excludes halogenated alkanes) is 1. The Morgan fingerprint density at radius 2 is 1.11 bits per heavy atom. The summed E-state index contributed by atoms with van der Waals surface area (Å²) in [7, 11) is 0. The van der Waals surface area contributed by atoms with Crippen LogP contribution >= 0.6 is 0 Å². The Labute approximate surface area is 362 Å². The first-order valence-electron chi connectivity index (χ1n) is 20.5. The van der Waals surface area contributed by atoms with Crippen molar-refractivity contribution in [3.8, 4) is 34.5 Å². The molecule has 4 aromatic rings. The third kappa shape index (κ3) is 11.6. The molecule has 16 heteroatoms. The van der Waals surface area contributed by atoms with Crippen molar-refractivity contribution < 1.29 is 45.3 Å². The highest BCUT2D eigenvalue weighted by Crippen LogP contribution is 2.48. The zero-order chi connectivity index (χ0) is 46.9. The minimum absolute atomic E-state index is 0.00263. The molecule has 0 bridgehead atoms. The van der Waals surface area contributed by atoms with Crippen LogP contribution in [0.15, 0.2) is 27.1 Å². The number of carbonyl (C=O) groups excluding carboxylic acids is 1. The van der Waals surface area contributed by atoms with Gasteiger partial charge in [0.2, 0.25) is 5.96 Å². The summed E-state index contributed by atoms with van der Waals surface area (Å²) in [4.78, 5) is 34.2. The van der Waals surface area contributed by atoms with Gasteiger partial charge in [-0.15, -0.1) is 0 Å². The number of Topliss-reactive ketones (excluding diaryl/α,β-unsaturated/α-hetero) is 1. The summed E-state index contributed by atoms with van der Waals surface area (Å²) in [5, 5.41) is 83.1. The standard InChI is InChI=1S/C23H32N4O4.C23H31N3O5/c1-11(2)18-15-9-12(3)13(4)20(29)19(15)16(21(30)22(18)31)10-27-23(25)26-8-6-7-17(24)14(5)28;1-11(2)18-14-9-12(3)13(4)20(27)19(14)15(21(28)22(18)29)10-26-17(25)8-6-5-7-16(24)23(30)31/h9-11,17,29-31H,6-8,24H2,1-5H3,(H2,25,26);9-11,16,25,27-29H,5-8,24H2,1-4H3,(H,30,31)/t17-;16-/m00/s1. The van der Waals surface area contributed by atoms with Gasteiger partial charge in [-0.1, -0.05) is 46.2 Å². The van der Waals surface area contributed by atoms with Gasteiger partial charge in [0.15, 0.2) is 23.0 Å². The number of ketones is 1. The average Bonchev–Trinajstić information content (AvgIpc) is 3.19. The molecule has 0 saturated carbocycles. The quantitative estimate of drug-likeness (QED) is 0.0245. The summed E-state index contributed by atoms with van der Waals surface area (Å²) in [6.45, 7) is 16.7. The number of guanidine groups is 1. The van der Waals surface area contributed by atoms with Crippen molar-refractivity contribution in [3.63, 3.8) is 0 Å². The van der Waals surface area contributed by atoms with Gasteiger partial charge < -0.3 is 52.9 Å². The molecular formula is C46H63N7O9. The molecule has 62 heavy (non-hydrogen) atoms. The number of carboxylic acids is 1. The van der Waals surface area contributed by atoms with Gasteiger partial charge in [-0.3, -0.25) is 20.0 Å². The number of carboxylic acid groups (broad SMARTS) is 1. The maximum Gasteiger partial charge on any atom is 0.320 e. The number of carbonyl (C=O) groups is 2. The molecule has 0 radical (unpaired) electrons. The van der Waals surface area contributed by atoms with Crippen LogP contribution in [0.2, 0.25) is 0 Å². The molecule has 0 aliphatic carbocycles. The number of hydrogen-bond acceptors (Lipinski definition) is 12. The van der Waals surface area contributed by atoms with Gasteiger partial charge in [-0.05, 0) is 105 Å².